The number of rotatable bonds is 7. The maximum Gasteiger partial charge on any atom is 0.0640 e. The number of benzene rings is 1. The molecule has 1 aromatic heterocycles. The monoisotopic (exact) mass is 286 g/mol. The molecule has 4 heteroatoms. The van der Waals surface area contributed by atoms with Crippen LogP contribution in [0.1, 0.15) is 37.4 Å². The Morgan fingerprint density at radius 1 is 1.24 bits per heavy atom. The molecule has 4 nitrogen and oxygen atoms in total. The van der Waals surface area contributed by atoms with Crippen LogP contribution in [0.3, 0.4) is 0 Å². The van der Waals surface area contributed by atoms with Gasteiger partial charge in [0.1, 0.15) is 0 Å². The van der Waals surface area contributed by atoms with Crippen molar-refractivity contribution in [3.05, 3.63) is 53.9 Å². The van der Waals surface area contributed by atoms with Crippen LogP contribution < -0.4 is 11.3 Å². The predicted molar refractivity (Wildman–Crippen MR) is 86.7 cm³/mol. The highest BCUT2D eigenvalue weighted by atomic mass is 15.3. The minimum absolute atomic E-state index is 0.178. The average molecular weight is 286 g/mol. The van der Waals surface area contributed by atoms with Crippen LogP contribution in [-0.2, 0) is 13.5 Å². The summed E-state index contributed by atoms with van der Waals surface area (Å²) in [5, 5.41) is 4.48. The van der Waals surface area contributed by atoms with E-state index in [1.807, 2.05) is 17.9 Å². The van der Waals surface area contributed by atoms with E-state index in [1.54, 1.807) is 0 Å². The number of hydrogen-bond donors (Lipinski definition) is 2. The molecule has 2 aromatic rings. The fourth-order valence-corrected chi connectivity index (χ4v) is 2.97. The lowest BCUT2D eigenvalue weighted by Crippen LogP contribution is -2.43. The van der Waals surface area contributed by atoms with Crippen LogP contribution in [0.4, 0.5) is 0 Å². The van der Waals surface area contributed by atoms with Crippen LogP contribution in [0.5, 0.6) is 0 Å². The van der Waals surface area contributed by atoms with Gasteiger partial charge in [-0.2, -0.15) is 5.10 Å². The van der Waals surface area contributed by atoms with Crippen molar-refractivity contribution >= 4 is 0 Å². The Bertz CT molecular complexity index is 535. The number of hydrazine groups is 1. The molecule has 0 spiro atoms. The van der Waals surface area contributed by atoms with Crippen LogP contribution >= 0.6 is 0 Å². The van der Waals surface area contributed by atoms with Gasteiger partial charge in [0.25, 0.3) is 0 Å². The third kappa shape index (κ3) is 3.93. The van der Waals surface area contributed by atoms with Gasteiger partial charge in [-0.1, -0.05) is 50.6 Å². The summed E-state index contributed by atoms with van der Waals surface area (Å²) in [5.74, 6) is 6.80. The fourth-order valence-electron chi connectivity index (χ4n) is 2.97. The van der Waals surface area contributed by atoms with E-state index in [0.717, 1.165) is 18.5 Å². The summed E-state index contributed by atoms with van der Waals surface area (Å²) < 4.78 is 1.84. The lowest BCUT2D eigenvalue weighted by atomic mass is 9.79. The molecule has 1 aromatic carbocycles. The number of aromatic nitrogens is 2. The third-order valence-corrected chi connectivity index (χ3v) is 4.29. The molecule has 21 heavy (non-hydrogen) atoms. The third-order valence-electron chi connectivity index (χ3n) is 4.29. The zero-order valence-corrected chi connectivity index (χ0v) is 13.2. The van der Waals surface area contributed by atoms with Gasteiger partial charge in [-0.05, 0) is 17.5 Å². The molecule has 114 valence electrons. The molecule has 3 N–H and O–H groups in total. The van der Waals surface area contributed by atoms with Gasteiger partial charge in [-0.25, -0.2) is 0 Å². The van der Waals surface area contributed by atoms with E-state index in [-0.39, 0.29) is 6.04 Å². The van der Waals surface area contributed by atoms with E-state index in [1.165, 1.54) is 5.56 Å². The number of nitrogens with one attached hydrogen (secondary N) is 1. The lowest BCUT2D eigenvalue weighted by Gasteiger charge is -2.31. The van der Waals surface area contributed by atoms with Gasteiger partial charge in [0.05, 0.1) is 5.69 Å². The first kappa shape index (κ1) is 15.7. The molecule has 0 saturated carbocycles. The minimum atomic E-state index is 0.178. The highest BCUT2D eigenvalue weighted by Crippen LogP contribution is 2.31. The largest absolute Gasteiger partial charge is 0.276 e. The van der Waals surface area contributed by atoms with Crippen LogP contribution in [0, 0.1) is 5.92 Å². The van der Waals surface area contributed by atoms with Crippen molar-refractivity contribution in [1.29, 1.82) is 0 Å². The molecular formula is C17H26N4. The maximum absolute atomic E-state index is 5.87. The second-order valence-corrected chi connectivity index (χ2v) is 5.78. The molecule has 0 radical (unpaired) electrons. The average Bonchev–Trinajstić information content (AvgIpc) is 2.92. The first-order chi connectivity index (χ1) is 10.2. The molecule has 3 unspecified atom stereocenters. The quantitative estimate of drug-likeness (QED) is 0.607. The summed E-state index contributed by atoms with van der Waals surface area (Å²) in [5.41, 5.74) is 5.44. The van der Waals surface area contributed by atoms with Crippen molar-refractivity contribution in [1.82, 2.24) is 15.2 Å². The molecular weight excluding hydrogens is 260 g/mol. The van der Waals surface area contributed by atoms with E-state index >= 15 is 0 Å². The standard InChI is InChI=1S/C17H26N4/c1-4-13(2)17(14-8-6-5-7-9-14)16(19-18)12-15-10-11-21(3)20-15/h5-11,13,16-17,19H,4,12,18H2,1-3H3. The Hall–Kier alpha value is -1.65. The molecule has 1 heterocycles. The Balaban J connectivity index is 2.24. The van der Waals surface area contributed by atoms with E-state index in [9.17, 15) is 0 Å². The van der Waals surface area contributed by atoms with Crippen molar-refractivity contribution in [2.45, 2.75) is 38.6 Å². The van der Waals surface area contributed by atoms with Gasteiger partial charge >= 0.3 is 0 Å². The summed E-state index contributed by atoms with van der Waals surface area (Å²) in [6.07, 6.45) is 3.94. The number of aryl methyl sites for hydroxylation is 1. The molecule has 0 amide bonds. The normalized spacial score (nSPS) is 15.6. The van der Waals surface area contributed by atoms with Gasteiger partial charge < -0.3 is 0 Å². The topological polar surface area (TPSA) is 55.9 Å². The van der Waals surface area contributed by atoms with Gasteiger partial charge in [0.15, 0.2) is 0 Å². The SMILES string of the molecule is CCC(C)C(c1ccccc1)C(Cc1ccn(C)n1)NN. The lowest BCUT2D eigenvalue weighted by molar-refractivity contribution is 0.333. The fraction of sp³-hybridized carbons (Fsp3) is 0.471. The summed E-state index contributed by atoms with van der Waals surface area (Å²) in [4.78, 5) is 0. The molecule has 0 bridgehead atoms. The Morgan fingerprint density at radius 3 is 2.48 bits per heavy atom. The van der Waals surface area contributed by atoms with Crippen molar-refractivity contribution in [3.8, 4) is 0 Å². The van der Waals surface area contributed by atoms with Crippen molar-refractivity contribution in [2.75, 3.05) is 0 Å². The van der Waals surface area contributed by atoms with E-state index < -0.39 is 0 Å². The van der Waals surface area contributed by atoms with Crippen molar-refractivity contribution in [3.63, 3.8) is 0 Å². The number of nitrogens with two attached hydrogens (primary N) is 1. The Labute approximate surface area is 127 Å². The van der Waals surface area contributed by atoms with Gasteiger partial charge in [-0.15, -0.1) is 0 Å². The summed E-state index contributed by atoms with van der Waals surface area (Å²) in [6.45, 7) is 4.52. The highest BCUT2D eigenvalue weighted by molar-refractivity contribution is 5.23. The first-order valence-corrected chi connectivity index (χ1v) is 7.65. The van der Waals surface area contributed by atoms with E-state index in [4.69, 9.17) is 5.84 Å². The van der Waals surface area contributed by atoms with Crippen molar-refractivity contribution in [2.24, 2.45) is 18.8 Å². The first-order valence-electron chi connectivity index (χ1n) is 7.65. The maximum atomic E-state index is 5.87. The summed E-state index contributed by atoms with van der Waals surface area (Å²) in [7, 11) is 1.94. The van der Waals surface area contributed by atoms with Gasteiger partial charge in [0.2, 0.25) is 0 Å². The molecule has 0 aliphatic heterocycles. The predicted octanol–water partition coefficient (Wildman–Crippen LogP) is 2.62. The van der Waals surface area contributed by atoms with Crippen LogP contribution in [0.15, 0.2) is 42.6 Å². The number of nitrogens with zero attached hydrogens (tertiary/aromatic N) is 2. The molecule has 0 aliphatic carbocycles. The van der Waals surface area contributed by atoms with Crippen LogP contribution in [0.2, 0.25) is 0 Å². The Kier molecular flexibility index (Phi) is 5.53. The molecule has 0 saturated heterocycles. The second kappa shape index (κ2) is 7.38. The van der Waals surface area contributed by atoms with Gasteiger partial charge in [0, 0.05) is 31.6 Å². The second-order valence-electron chi connectivity index (χ2n) is 5.78. The zero-order chi connectivity index (χ0) is 15.2. The molecule has 0 fully saturated rings. The zero-order valence-electron chi connectivity index (χ0n) is 13.2. The minimum Gasteiger partial charge on any atom is -0.276 e. The smallest absolute Gasteiger partial charge is 0.0640 e. The molecule has 0 aliphatic rings. The summed E-state index contributed by atoms with van der Waals surface area (Å²) >= 11 is 0. The van der Waals surface area contributed by atoms with Gasteiger partial charge in [-0.3, -0.25) is 16.0 Å². The van der Waals surface area contributed by atoms with Crippen molar-refractivity contribution < 1.29 is 0 Å². The highest BCUT2D eigenvalue weighted by Gasteiger charge is 2.27. The van der Waals surface area contributed by atoms with Crippen LogP contribution in [0.25, 0.3) is 0 Å². The Morgan fingerprint density at radius 2 is 1.95 bits per heavy atom. The van der Waals surface area contributed by atoms with E-state index in [2.05, 4.69) is 60.8 Å². The molecule has 3 atom stereocenters. The van der Waals surface area contributed by atoms with E-state index in [0.29, 0.717) is 11.8 Å². The summed E-state index contributed by atoms with van der Waals surface area (Å²) in [6, 6.07) is 12.9. The number of hydrogen-bond acceptors (Lipinski definition) is 3. The molecule has 2 rings (SSSR count). The van der Waals surface area contributed by atoms with Crippen LogP contribution in [-0.4, -0.2) is 15.8 Å².